The molecule has 0 aliphatic carbocycles. The number of rotatable bonds is 11. The average Bonchev–Trinajstić information content (AvgIpc) is 2.37. The standard InChI is InChI=1S/C15H31NO3S/c1-6-19-14(18)15(5,16-12(2)3)9-7-8-10-20-13(4)11-17/h12-13,16-17H,6-11H2,1-5H3. The summed E-state index contributed by atoms with van der Waals surface area (Å²) >= 11 is 1.77. The van der Waals surface area contributed by atoms with E-state index in [1.807, 2.05) is 34.6 Å². The third-order valence-electron chi connectivity index (χ3n) is 3.06. The largest absolute Gasteiger partial charge is 0.465 e. The Kier molecular flexibility index (Phi) is 10.3. The van der Waals surface area contributed by atoms with Crippen molar-refractivity contribution in [1.82, 2.24) is 5.32 Å². The first kappa shape index (κ1) is 19.7. The van der Waals surface area contributed by atoms with E-state index in [4.69, 9.17) is 9.84 Å². The van der Waals surface area contributed by atoms with Gasteiger partial charge in [0.1, 0.15) is 5.54 Å². The van der Waals surface area contributed by atoms with Gasteiger partial charge < -0.3 is 9.84 Å². The molecule has 0 saturated heterocycles. The Morgan fingerprint density at radius 3 is 2.50 bits per heavy atom. The van der Waals surface area contributed by atoms with E-state index in [0.29, 0.717) is 11.9 Å². The quantitative estimate of drug-likeness (QED) is 0.454. The molecule has 2 atom stereocenters. The zero-order valence-electron chi connectivity index (χ0n) is 13.6. The second-order valence-electron chi connectivity index (χ2n) is 5.67. The van der Waals surface area contributed by atoms with E-state index in [0.717, 1.165) is 25.0 Å². The molecule has 0 fully saturated rings. The van der Waals surface area contributed by atoms with E-state index in [-0.39, 0.29) is 18.6 Å². The highest BCUT2D eigenvalue weighted by Gasteiger charge is 2.34. The summed E-state index contributed by atoms with van der Waals surface area (Å²) in [6.45, 7) is 10.5. The Morgan fingerprint density at radius 1 is 1.35 bits per heavy atom. The summed E-state index contributed by atoms with van der Waals surface area (Å²) in [6, 6.07) is 0.244. The first-order chi connectivity index (χ1) is 9.35. The fourth-order valence-electron chi connectivity index (χ4n) is 2.08. The molecule has 2 N–H and O–H groups in total. The molecule has 0 radical (unpaired) electrons. The van der Waals surface area contributed by atoms with Crippen LogP contribution in [-0.2, 0) is 9.53 Å². The highest BCUT2D eigenvalue weighted by molar-refractivity contribution is 7.99. The topological polar surface area (TPSA) is 58.6 Å². The Bertz CT molecular complexity index is 274. The third kappa shape index (κ3) is 8.12. The maximum atomic E-state index is 12.1. The molecule has 2 unspecified atom stereocenters. The van der Waals surface area contributed by atoms with Crippen LogP contribution in [0.2, 0.25) is 0 Å². The second-order valence-corrected chi connectivity index (χ2v) is 7.22. The van der Waals surface area contributed by atoms with Crippen LogP contribution in [-0.4, -0.2) is 46.9 Å². The first-order valence-corrected chi connectivity index (χ1v) is 8.58. The Balaban J connectivity index is 4.20. The molecule has 0 spiro atoms. The minimum Gasteiger partial charge on any atom is -0.465 e. The van der Waals surface area contributed by atoms with Gasteiger partial charge in [0.05, 0.1) is 13.2 Å². The first-order valence-electron chi connectivity index (χ1n) is 7.53. The van der Waals surface area contributed by atoms with Crippen molar-refractivity contribution in [3.8, 4) is 0 Å². The van der Waals surface area contributed by atoms with Gasteiger partial charge in [-0.2, -0.15) is 11.8 Å². The molecule has 0 aromatic carbocycles. The predicted molar refractivity (Wildman–Crippen MR) is 86.2 cm³/mol. The lowest BCUT2D eigenvalue weighted by Crippen LogP contribution is -2.53. The van der Waals surface area contributed by atoms with Crippen molar-refractivity contribution in [3.63, 3.8) is 0 Å². The van der Waals surface area contributed by atoms with E-state index in [9.17, 15) is 4.79 Å². The van der Waals surface area contributed by atoms with Crippen molar-refractivity contribution in [1.29, 1.82) is 0 Å². The lowest BCUT2D eigenvalue weighted by molar-refractivity contribution is -0.151. The van der Waals surface area contributed by atoms with Crippen molar-refractivity contribution >= 4 is 17.7 Å². The number of aliphatic hydroxyl groups is 1. The normalized spacial score (nSPS) is 15.9. The molecule has 20 heavy (non-hydrogen) atoms. The Hall–Kier alpha value is -0.260. The molecule has 0 bridgehead atoms. The monoisotopic (exact) mass is 305 g/mol. The van der Waals surface area contributed by atoms with Crippen LogP contribution >= 0.6 is 11.8 Å². The molecular formula is C15H31NO3S. The predicted octanol–water partition coefficient (Wildman–Crippen LogP) is 2.59. The minimum absolute atomic E-state index is 0.162. The summed E-state index contributed by atoms with van der Waals surface area (Å²) in [5.74, 6) is 0.854. The highest BCUT2D eigenvalue weighted by Crippen LogP contribution is 2.19. The van der Waals surface area contributed by atoms with Crippen LogP contribution in [0.3, 0.4) is 0 Å². The van der Waals surface area contributed by atoms with Gasteiger partial charge in [-0.05, 0) is 46.3 Å². The average molecular weight is 305 g/mol. The number of unbranched alkanes of at least 4 members (excludes halogenated alkanes) is 1. The van der Waals surface area contributed by atoms with E-state index < -0.39 is 5.54 Å². The SMILES string of the molecule is CCOC(=O)C(C)(CCCCSC(C)CO)NC(C)C. The molecule has 5 heteroatoms. The number of thioether (sulfide) groups is 1. The Morgan fingerprint density at radius 2 is 2.00 bits per heavy atom. The van der Waals surface area contributed by atoms with Crippen LogP contribution in [0.25, 0.3) is 0 Å². The van der Waals surface area contributed by atoms with E-state index in [2.05, 4.69) is 5.32 Å². The van der Waals surface area contributed by atoms with Crippen molar-refractivity contribution in [3.05, 3.63) is 0 Å². The van der Waals surface area contributed by atoms with Gasteiger partial charge in [-0.15, -0.1) is 0 Å². The molecular weight excluding hydrogens is 274 g/mol. The van der Waals surface area contributed by atoms with Gasteiger partial charge in [0.25, 0.3) is 0 Å². The van der Waals surface area contributed by atoms with Crippen molar-refractivity contribution < 1.29 is 14.6 Å². The van der Waals surface area contributed by atoms with Gasteiger partial charge >= 0.3 is 5.97 Å². The summed E-state index contributed by atoms with van der Waals surface area (Å²) in [4.78, 5) is 12.1. The number of nitrogens with one attached hydrogen (secondary N) is 1. The number of hydrogen-bond donors (Lipinski definition) is 2. The smallest absolute Gasteiger partial charge is 0.326 e. The summed E-state index contributed by atoms with van der Waals surface area (Å²) < 4.78 is 5.18. The van der Waals surface area contributed by atoms with Crippen LogP contribution < -0.4 is 5.32 Å². The number of carbonyl (C=O) groups is 1. The van der Waals surface area contributed by atoms with E-state index in [1.165, 1.54) is 0 Å². The number of aliphatic hydroxyl groups excluding tert-OH is 1. The van der Waals surface area contributed by atoms with Crippen molar-refractivity contribution in [2.45, 2.75) is 70.7 Å². The van der Waals surface area contributed by atoms with Crippen LogP contribution in [0.15, 0.2) is 0 Å². The summed E-state index contributed by atoms with van der Waals surface area (Å²) in [5, 5.41) is 12.6. The fraction of sp³-hybridized carbons (Fsp3) is 0.933. The molecule has 0 saturated carbocycles. The lowest BCUT2D eigenvalue weighted by Gasteiger charge is -2.30. The van der Waals surface area contributed by atoms with Gasteiger partial charge in [-0.25, -0.2) is 0 Å². The molecule has 0 aromatic rings. The number of esters is 1. The van der Waals surface area contributed by atoms with E-state index in [1.54, 1.807) is 11.8 Å². The molecule has 120 valence electrons. The molecule has 0 rings (SSSR count). The maximum absolute atomic E-state index is 12.1. The molecule has 0 aliphatic rings. The number of ether oxygens (including phenoxy) is 1. The van der Waals surface area contributed by atoms with Crippen LogP contribution in [0.1, 0.15) is 53.9 Å². The lowest BCUT2D eigenvalue weighted by atomic mass is 9.94. The second kappa shape index (κ2) is 10.5. The van der Waals surface area contributed by atoms with Gasteiger partial charge in [0.2, 0.25) is 0 Å². The molecule has 0 heterocycles. The third-order valence-corrected chi connectivity index (χ3v) is 4.31. The van der Waals surface area contributed by atoms with Gasteiger partial charge in [0, 0.05) is 11.3 Å². The zero-order valence-corrected chi connectivity index (χ0v) is 14.4. The number of carbonyl (C=O) groups excluding carboxylic acids is 1. The highest BCUT2D eigenvalue weighted by atomic mass is 32.2. The molecule has 0 aromatic heterocycles. The molecule has 0 amide bonds. The van der Waals surface area contributed by atoms with Crippen LogP contribution in [0.4, 0.5) is 0 Å². The van der Waals surface area contributed by atoms with Crippen molar-refractivity contribution in [2.75, 3.05) is 19.0 Å². The van der Waals surface area contributed by atoms with Crippen molar-refractivity contribution in [2.24, 2.45) is 0 Å². The molecule has 0 aliphatic heterocycles. The summed E-state index contributed by atoms with van der Waals surface area (Å²) in [7, 11) is 0. The summed E-state index contributed by atoms with van der Waals surface area (Å²) in [5.41, 5.74) is -0.600. The van der Waals surface area contributed by atoms with Gasteiger partial charge in [-0.3, -0.25) is 10.1 Å². The van der Waals surface area contributed by atoms with Gasteiger partial charge in [-0.1, -0.05) is 13.3 Å². The van der Waals surface area contributed by atoms with Crippen LogP contribution in [0, 0.1) is 0 Å². The Labute approximate surface area is 128 Å². The zero-order chi connectivity index (χ0) is 15.6. The fourth-order valence-corrected chi connectivity index (χ4v) is 2.96. The summed E-state index contributed by atoms with van der Waals surface area (Å²) in [6.07, 6.45) is 2.79. The van der Waals surface area contributed by atoms with E-state index >= 15 is 0 Å². The van der Waals surface area contributed by atoms with Crippen LogP contribution in [0.5, 0.6) is 0 Å². The van der Waals surface area contributed by atoms with Gasteiger partial charge in [0.15, 0.2) is 0 Å². The number of hydrogen-bond acceptors (Lipinski definition) is 5. The molecule has 4 nitrogen and oxygen atoms in total. The maximum Gasteiger partial charge on any atom is 0.326 e. The minimum atomic E-state index is -0.600.